The van der Waals surface area contributed by atoms with Crippen molar-refractivity contribution < 1.29 is 18.3 Å². The highest BCUT2D eigenvalue weighted by Crippen LogP contribution is 2.22. The van der Waals surface area contributed by atoms with Crippen molar-refractivity contribution in [2.24, 2.45) is 0 Å². The molecule has 0 saturated carbocycles. The molecule has 10 heteroatoms. The van der Waals surface area contributed by atoms with E-state index in [-0.39, 0.29) is 12.1 Å². The lowest BCUT2D eigenvalue weighted by molar-refractivity contribution is 0.0903. The fourth-order valence-corrected chi connectivity index (χ4v) is 4.84. The highest BCUT2D eigenvalue weighted by Gasteiger charge is 2.33. The van der Waals surface area contributed by atoms with Gasteiger partial charge in [0.25, 0.3) is 0 Å². The molecule has 2 unspecified atom stereocenters. The van der Waals surface area contributed by atoms with E-state index in [0.717, 1.165) is 69.9 Å². The zero-order valence-corrected chi connectivity index (χ0v) is 19.5. The SMILES string of the molecule is CN1CC(NCN2CCc3cnc(NC4CCOCC4)nc3C2)C(Oc2ccc(F)c(F)c2)C1. The summed E-state index contributed by atoms with van der Waals surface area (Å²) in [6, 6.07) is 4.12. The molecule has 2 saturated heterocycles. The van der Waals surface area contributed by atoms with Crippen LogP contribution in [0.1, 0.15) is 24.1 Å². The quantitative estimate of drug-likeness (QED) is 0.632. The van der Waals surface area contributed by atoms with E-state index >= 15 is 0 Å². The molecular weight excluding hydrogens is 442 g/mol. The minimum absolute atomic E-state index is 0.0793. The third-order valence-electron chi connectivity index (χ3n) is 6.78. The van der Waals surface area contributed by atoms with E-state index in [1.165, 1.54) is 11.6 Å². The Labute approximate surface area is 198 Å². The van der Waals surface area contributed by atoms with Crippen LogP contribution in [0, 0.1) is 11.6 Å². The van der Waals surface area contributed by atoms with Crippen LogP contribution in [0.4, 0.5) is 14.7 Å². The van der Waals surface area contributed by atoms with E-state index in [9.17, 15) is 8.78 Å². The number of likely N-dealkylation sites (tertiary alicyclic amines) is 1. The van der Waals surface area contributed by atoms with Gasteiger partial charge in [0.1, 0.15) is 11.9 Å². The summed E-state index contributed by atoms with van der Waals surface area (Å²) >= 11 is 0. The summed E-state index contributed by atoms with van der Waals surface area (Å²) in [5.41, 5.74) is 2.27. The molecule has 2 fully saturated rings. The summed E-state index contributed by atoms with van der Waals surface area (Å²) in [7, 11) is 2.03. The fraction of sp³-hybridized carbons (Fsp3) is 0.583. The molecule has 2 aromatic rings. The highest BCUT2D eigenvalue weighted by atomic mass is 19.2. The number of hydrogen-bond acceptors (Lipinski definition) is 8. The average molecular weight is 475 g/mol. The molecule has 1 aromatic carbocycles. The van der Waals surface area contributed by atoms with Crippen LogP contribution >= 0.6 is 0 Å². The molecule has 0 aliphatic carbocycles. The molecule has 8 nitrogen and oxygen atoms in total. The second kappa shape index (κ2) is 10.5. The first-order chi connectivity index (χ1) is 16.5. The summed E-state index contributed by atoms with van der Waals surface area (Å²) in [5.74, 6) is -0.726. The minimum Gasteiger partial charge on any atom is -0.487 e. The molecule has 34 heavy (non-hydrogen) atoms. The topological polar surface area (TPSA) is 74.8 Å². The second-order valence-electron chi connectivity index (χ2n) is 9.42. The molecule has 2 atom stereocenters. The number of aromatic nitrogens is 2. The Morgan fingerprint density at radius 3 is 2.85 bits per heavy atom. The van der Waals surface area contributed by atoms with Crippen LogP contribution in [-0.4, -0.2) is 84.5 Å². The van der Waals surface area contributed by atoms with Crippen molar-refractivity contribution in [3.05, 3.63) is 47.3 Å². The molecule has 5 rings (SSSR count). The molecule has 3 aliphatic heterocycles. The summed E-state index contributed by atoms with van der Waals surface area (Å²) in [6.07, 6.45) is 4.66. The van der Waals surface area contributed by atoms with Crippen molar-refractivity contribution in [2.75, 3.05) is 51.9 Å². The van der Waals surface area contributed by atoms with Gasteiger partial charge in [0.15, 0.2) is 11.6 Å². The van der Waals surface area contributed by atoms with Gasteiger partial charge < -0.3 is 19.7 Å². The van der Waals surface area contributed by atoms with Gasteiger partial charge in [0.05, 0.1) is 11.7 Å². The summed E-state index contributed by atoms with van der Waals surface area (Å²) in [5, 5.41) is 7.06. The van der Waals surface area contributed by atoms with Gasteiger partial charge in [-0.15, -0.1) is 0 Å². The predicted octanol–water partition coefficient (Wildman–Crippen LogP) is 2.01. The standard InChI is InChI=1S/C24H32F2N6O2/c1-31-12-22(23(14-31)34-18-2-3-19(25)20(26)10-18)28-15-32-7-4-16-11-27-24(30-21(16)13-32)29-17-5-8-33-9-6-17/h2-3,10-11,17,22-23,28H,4-9,12-15H2,1H3,(H,27,29,30). The number of ether oxygens (including phenoxy) is 2. The third kappa shape index (κ3) is 5.63. The first-order valence-corrected chi connectivity index (χ1v) is 12.0. The summed E-state index contributed by atoms with van der Waals surface area (Å²) < 4.78 is 38.3. The van der Waals surface area contributed by atoms with Gasteiger partial charge in [-0.05, 0) is 44.0 Å². The van der Waals surface area contributed by atoms with Gasteiger partial charge in [-0.2, -0.15) is 0 Å². The zero-order valence-electron chi connectivity index (χ0n) is 19.5. The Balaban J connectivity index is 1.16. The van der Waals surface area contributed by atoms with E-state index in [4.69, 9.17) is 14.5 Å². The largest absolute Gasteiger partial charge is 0.487 e. The van der Waals surface area contributed by atoms with Gasteiger partial charge >= 0.3 is 0 Å². The van der Waals surface area contributed by atoms with Crippen LogP contribution in [0.2, 0.25) is 0 Å². The number of fused-ring (bicyclic) bond motifs is 1. The number of rotatable bonds is 7. The molecule has 0 bridgehead atoms. The van der Waals surface area contributed by atoms with E-state index in [1.54, 1.807) is 0 Å². The maximum absolute atomic E-state index is 13.6. The Bertz CT molecular complexity index is 990. The number of nitrogens with one attached hydrogen (secondary N) is 2. The maximum atomic E-state index is 13.6. The first-order valence-electron chi connectivity index (χ1n) is 12.0. The van der Waals surface area contributed by atoms with Crippen LogP contribution in [0.5, 0.6) is 5.75 Å². The van der Waals surface area contributed by atoms with Gasteiger partial charge in [-0.3, -0.25) is 10.2 Å². The lowest BCUT2D eigenvalue weighted by Gasteiger charge is -2.31. The highest BCUT2D eigenvalue weighted by molar-refractivity contribution is 5.32. The predicted molar refractivity (Wildman–Crippen MR) is 124 cm³/mol. The van der Waals surface area contributed by atoms with Crippen LogP contribution in [0.25, 0.3) is 0 Å². The summed E-state index contributed by atoms with van der Waals surface area (Å²) in [4.78, 5) is 13.8. The Kier molecular flexibility index (Phi) is 7.19. The number of halogens is 2. The van der Waals surface area contributed by atoms with Gasteiger partial charge in [-0.25, -0.2) is 18.7 Å². The summed E-state index contributed by atoms with van der Waals surface area (Å²) in [6.45, 7) is 5.47. The van der Waals surface area contributed by atoms with Gasteiger partial charge in [0, 0.05) is 64.4 Å². The lowest BCUT2D eigenvalue weighted by atomic mass is 10.1. The number of nitrogens with zero attached hydrogens (tertiary/aromatic N) is 4. The van der Waals surface area contributed by atoms with Crippen LogP contribution in [-0.2, 0) is 17.7 Å². The van der Waals surface area contributed by atoms with E-state index in [1.807, 2.05) is 13.2 Å². The van der Waals surface area contributed by atoms with Crippen molar-refractivity contribution in [1.29, 1.82) is 0 Å². The third-order valence-corrected chi connectivity index (χ3v) is 6.78. The second-order valence-corrected chi connectivity index (χ2v) is 9.42. The zero-order chi connectivity index (χ0) is 23.5. The van der Waals surface area contributed by atoms with Crippen molar-refractivity contribution in [3.63, 3.8) is 0 Å². The van der Waals surface area contributed by atoms with Crippen molar-refractivity contribution in [1.82, 2.24) is 25.1 Å². The smallest absolute Gasteiger partial charge is 0.223 e. The molecule has 3 aliphatic rings. The number of hydrogen-bond donors (Lipinski definition) is 2. The van der Waals surface area contributed by atoms with Crippen LogP contribution < -0.4 is 15.4 Å². The first kappa shape index (κ1) is 23.3. The number of anilines is 1. The fourth-order valence-electron chi connectivity index (χ4n) is 4.84. The maximum Gasteiger partial charge on any atom is 0.223 e. The number of likely N-dealkylation sites (N-methyl/N-ethyl adjacent to an activating group) is 1. The van der Waals surface area contributed by atoms with E-state index in [2.05, 4.69) is 25.4 Å². The normalized spacial score (nSPS) is 24.2. The van der Waals surface area contributed by atoms with Crippen molar-refractivity contribution in [3.8, 4) is 5.75 Å². The Hall–Kier alpha value is -2.40. The Morgan fingerprint density at radius 2 is 2.03 bits per heavy atom. The van der Waals surface area contributed by atoms with Gasteiger partial charge in [0.2, 0.25) is 5.95 Å². The van der Waals surface area contributed by atoms with Crippen molar-refractivity contribution >= 4 is 5.95 Å². The molecule has 0 amide bonds. The molecule has 184 valence electrons. The average Bonchev–Trinajstić information content (AvgIpc) is 3.19. The minimum atomic E-state index is -0.895. The molecule has 1 aromatic heterocycles. The monoisotopic (exact) mass is 474 g/mol. The van der Waals surface area contributed by atoms with Crippen molar-refractivity contribution in [2.45, 2.75) is 44.0 Å². The molecule has 2 N–H and O–H groups in total. The van der Waals surface area contributed by atoms with Crippen LogP contribution in [0.15, 0.2) is 24.4 Å². The van der Waals surface area contributed by atoms with E-state index < -0.39 is 11.6 Å². The molecule has 4 heterocycles. The molecular formula is C24H32F2N6O2. The Morgan fingerprint density at radius 1 is 1.18 bits per heavy atom. The number of benzene rings is 1. The molecule has 0 spiro atoms. The van der Waals surface area contributed by atoms with Crippen LogP contribution in [0.3, 0.4) is 0 Å². The van der Waals surface area contributed by atoms with Gasteiger partial charge in [-0.1, -0.05) is 0 Å². The van der Waals surface area contributed by atoms with E-state index in [0.29, 0.717) is 31.0 Å². The lowest BCUT2D eigenvalue weighted by Crippen LogP contribution is -2.48. The molecule has 0 radical (unpaired) electrons.